The highest BCUT2D eigenvalue weighted by Crippen LogP contribution is 2.24. The highest BCUT2D eigenvalue weighted by atomic mass is 32.1. The second kappa shape index (κ2) is 4.94. The lowest BCUT2D eigenvalue weighted by Crippen LogP contribution is -1.98. The Morgan fingerprint density at radius 2 is 2.23 bits per heavy atom. The number of hydrogen-bond acceptors (Lipinski definition) is 4. The van der Waals surface area contributed by atoms with Gasteiger partial charge in [-0.15, -0.1) is 0 Å². The van der Waals surface area contributed by atoms with Crippen LogP contribution in [0.5, 0.6) is 0 Å². The van der Waals surface area contributed by atoms with Gasteiger partial charge in [-0.2, -0.15) is 0 Å². The maximum Gasteiger partial charge on any atom is 0.324 e. The molecule has 1 rings (SSSR count). The molecular formula is C8H12N2O2S. The highest BCUT2D eigenvalue weighted by Gasteiger charge is 2.08. The van der Waals surface area contributed by atoms with Gasteiger partial charge in [0.2, 0.25) is 0 Å². The zero-order valence-electron chi connectivity index (χ0n) is 7.23. The van der Waals surface area contributed by atoms with E-state index < -0.39 is 0 Å². The van der Waals surface area contributed by atoms with Gasteiger partial charge in [-0.05, 0) is 31.9 Å². The van der Waals surface area contributed by atoms with E-state index in [2.05, 4.69) is 0 Å². The lowest BCUT2D eigenvalue weighted by atomic mass is 10.2. The molecule has 0 spiro atoms. The molecule has 13 heavy (non-hydrogen) atoms. The number of nitro groups is 1. The molecule has 0 aliphatic heterocycles. The number of rotatable bonds is 5. The molecule has 0 aliphatic carbocycles. The Labute approximate surface area is 80.5 Å². The third-order valence-electron chi connectivity index (χ3n) is 1.70. The van der Waals surface area contributed by atoms with Gasteiger partial charge in [-0.3, -0.25) is 10.1 Å². The fraction of sp³-hybridized carbons (Fsp3) is 0.500. The fourth-order valence-electron chi connectivity index (χ4n) is 1.04. The topological polar surface area (TPSA) is 69.2 Å². The molecule has 1 aromatic rings. The molecule has 5 heteroatoms. The van der Waals surface area contributed by atoms with Gasteiger partial charge in [0.15, 0.2) is 0 Å². The van der Waals surface area contributed by atoms with Gasteiger partial charge in [0.25, 0.3) is 0 Å². The van der Waals surface area contributed by atoms with Gasteiger partial charge >= 0.3 is 5.00 Å². The normalized spacial score (nSPS) is 10.2. The second-order valence-electron chi connectivity index (χ2n) is 2.74. The molecule has 0 saturated heterocycles. The minimum atomic E-state index is -0.350. The van der Waals surface area contributed by atoms with Crippen molar-refractivity contribution in [1.82, 2.24) is 0 Å². The Balaban J connectivity index is 2.44. The van der Waals surface area contributed by atoms with Crippen LogP contribution in [0.3, 0.4) is 0 Å². The van der Waals surface area contributed by atoms with E-state index >= 15 is 0 Å². The summed E-state index contributed by atoms with van der Waals surface area (Å²) in [5.74, 6) is 0. The Kier molecular flexibility index (Phi) is 3.85. The zero-order valence-corrected chi connectivity index (χ0v) is 8.05. The van der Waals surface area contributed by atoms with Crippen LogP contribution in [0.25, 0.3) is 0 Å². The summed E-state index contributed by atoms with van der Waals surface area (Å²) in [6.07, 6.45) is 2.88. The van der Waals surface area contributed by atoms with Crippen LogP contribution < -0.4 is 5.73 Å². The first kappa shape index (κ1) is 10.1. The summed E-state index contributed by atoms with van der Waals surface area (Å²) in [5.41, 5.74) is 5.34. The maximum absolute atomic E-state index is 10.3. The average molecular weight is 200 g/mol. The molecule has 0 saturated carbocycles. The fourth-order valence-corrected chi connectivity index (χ4v) is 1.90. The molecule has 0 atom stereocenters. The Morgan fingerprint density at radius 3 is 2.77 bits per heavy atom. The Morgan fingerprint density at radius 1 is 1.46 bits per heavy atom. The van der Waals surface area contributed by atoms with Crippen molar-refractivity contribution < 1.29 is 4.92 Å². The highest BCUT2D eigenvalue weighted by molar-refractivity contribution is 7.15. The minimum absolute atomic E-state index is 0.225. The first-order valence-electron chi connectivity index (χ1n) is 4.17. The summed E-state index contributed by atoms with van der Waals surface area (Å²) in [6, 6.07) is 3.38. The molecule has 0 radical (unpaired) electrons. The van der Waals surface area contributed by atoms with Crippen molar-refractivity contribution >= 4 is 16.3 Å². The van der Waals surface area contributed by atoms with Crippen LogP contribution in [0.2, 0.25) is 0 Å². The predicted molar refractivity (Wildman–Crippen MR) is 53.0 cm³/mol. The van der Waals surface area contributed by atoms with Gasteiger partial charge in [0.1, 0.15) is 0 Å². The number of nitrogens with two attached hydrogens (primary N) is 1. The molecule has 1 aromatic heterocycles. The summed E-state index contributed by atoms with van der Waals surface area (Å²) in [6.45, 7) is 0.688. The quantitative estimate of drug-likeness (QED) is 0.448. The molecule has 2 N–H and O–H groups in total. The van der Waals surface area contributed by atoms with Crippen molar-refractivity contribution in [2.75, 3.05) is 6.54 Å². The van der Waals surface area contributed by atoms with Crippen LogP contribution in [0.1, 0.15) is 17.7 Å². The molecule has 1 heterocycles. The first-order valence-corrected chi connectivity index (χ1v) is 4.99. The van der Waals surface area contributed by atoms with Gasteiger partial charge < -0.3 is 5.73 Å². The third kappa shape index (κ3) is 3.12. The number of aryl methyl sites for hydroxylation is 1. The maximum atomic E-state index is 10.3. The lowest BCUT2D eigenvalue weighted by Gasteiger charge is -1.93. The summed E-state index contributed by atoms with van der Waals surface area (Å²) < 4.78 is 0. The third-order valence-corrected chi connectivity index (χ3v) is 2.80. The molecule has 0 unspecified atom stereocenters. The lowest BCUT2D eigenvalue weighted by molar-refractivity contribution is -0.380. The van der Waals surface area contributed by atoms with Crippen molar-refractivity contribution in [3.8, 4) is 0 Å². The number of unbranched alkanes of at least 4 members (excludes halogenated alkanes) is 1. The predicted octanol–water partition coefficient (Wildman–Crippen LogP) is 1.94. The Hall–Kier alpha value is -0.940. The van der Waals surface area contributed by atoms with Crippen LogP contribution in [0, 0.1) is 10.1 Å². The van der Waals surface area contributed by atoms with Gasteiger partial charge in [-0.25, -0.2) is 0 Å². The van der Waals surface area contributed by atoms with E-state index in [-0.39, 0.29) is 9.92 Å². The Bertz CT molecular complexity index is 285. The standard InChI is InChI=1S/C8H12N2O2S/c9-6-2-1-3-7-4-5-8(13-7)10(11)12/h4-5H,1-3,6,9H2. The molecule has 0 amide bonds. The first-order chi connectivity index (χ1) is 6.24. The van der Waals surface area contributed by atoms with Crippen molar-refractivity contribution in [2.24, 2.45) is 5.73 Å². The number of thiophene rings is 1. The van der Waals surface area contributed by atoms with Crippen LogP contribution in [0.4, 0.5) is 5.00 Å². The monoisotopic (exact) mass is 200 g/mol. The molecule has 0 fully saturated rings. The van der Waals surface area contributed by atoms with Crippen molar-refractivity contribution in [1.29, 1.82) is 0 Å². The summed E-state index contributed by atoms with van der Waals surface area (Å²) in [7, 11) is 0. The van der Waals surface area contributed by atoms with Crippen LogP contribution in [0.15, 0.2) is 12.1 Å². The molecule has 0 aromatic carbocycles. The van der Waals surface area contributed by atoms with E-state index in [4.69, 9.17) is 5.73 Å². The average Bonchev–Trinajstić information content (AvgIpc) is 2.53. The van der Waals surface area contributed by atoms with E-state index in [0.717, 1.165) is 24.1 Å². The van der Waals surface area contributed by atoms with Crippen LogP contribution in [-0.2, 0) is 6.42 Å². The van der Waals surface area contributed by atoms with E-state index in [1.807, 2.05) is 6.07 Å². The molecule has 72 valence electrons. The van der Waals surface area contributed by atoms with Crippen molar-refractivity contribution in [2.45, 2.75) is 19.3 Å². The smallest absolute Gasteiger partial charge is 0.324 e. The van der Waals surface area contributed by atoms with Gasteiger partial charge in [0.05, 0.1) is 4.92 Å². The van der Waals surface area contributed by atoms with Gasteiger partial charge in [0, 0.05) is 10.9 Å². The zero-order chi connectivity index (χ0) is 9.68. The summed E-state index contributed by atoms with van der Waals surface area (Å²) in [4.78, 5) is 11.1. The van der Waals surface area contributed by atoms with E-state index in [9.17, 15) is 10.1 Å². The summed E-state index contributed by atoms with van der Waals surface area (Å²) >= 11 is 1.25. The second-order valence-corrected chi connectivity index (χ2v) is 3.89. The van der Waals surface area contributed by atoms with Crippen LogP contribution >= 0.6 is 11.3 Å². The molecular weight excluding hydrogens is 188 g/mol. The minimum Gasteiger partial charge on any atom is -0.330 e. The van der Waals surface area contributed by atoms with Crippen molar-refractivity contribution in [3.63, 3.8) is 0 Å². The summed E-state index contributed by atoms with van der Waals surface area (Å²) in [5, 5.41) is 10.6. The SMILES string of the molecule is NCCCCc1ccc([N+](=O)[O-])s1. The van der Waals surface area contributed by atoms with Crippen LogP contribution in [-0.4, -0.2) is 11.5 Å². The largest absolute Gasteiger partial charge is 0.330 e. The molecule has 0 aliphatic rings. The van der Waals surface area contributed by atoms with E-state index in [0.29, 0.717) is 6.54 Å². The van der Waals surface area contributed by atoms with Gasteiger partial charge in [-0.1, -0.05) is 11.3 Å². The molecule has 4 nitrogen and oxygen atoms in total. The number of hydrogen-bond donors (Lipinski definition) is 1. The number of nitrogens with zero attached hydrogens (tertiary/aromatic N) is 1. The van der Waals surface area contributed by atoms with E-state index in [1.165, 1.54) is 11.3 Å². The molecule has 0 bridgehead atoms. The van der Waals surface area contributed by atoms with E-state index in [1.54, 1.807) is 6.07 Å². The van der Waals surface area contributed by atoms with Crippen molar-refractivity contribution in [3.05, 3.63) is 27.1 Å².